The van der Waals surface area contributed by atoms with Crippen LogP contribution in [0, 0.1) is 5.92 Å². The molecular formula is C17H24N2O2. The van der Waals surface area contributed by atoms with E-state index in [2.05, 4.69) is 24.1 Å². The summed E-state index contributed by atoms with van der Waals surface area (Å²) in [6, 6.07) is 7.49. The lowest BCUT2D eigenvalue weighted by Crippen LogP contribution is -2.61. The van der Waals surface area contributed by atoms with Crippen molar-refractivity contribution in [2.75, 3.05) is 19.6 Å². The fraction of sp³-hybridized carbons (Fsp3) is 0.588. The number of nitrogens with one attached hydrogen (secondary N) is 1. The number of likely N-dealkylation sites (tertiary alicyclic amines) is 1. The van der Waals surface area contributed by atoms with Crippen LogP contribution < -0.4 is 10.1 Å². The van der Waals surface area contributed by atoms with E-state index in [9.17, 15) is 4.79 Å². The van der Waals surface area contributed by atoms with Crippen LogP contribution >= 0.6 is 0 Å². The minimum Gasteiger partial charge on any atom is -0.467 e. The van der Waals surface area contributed by atoms with E-state index in [-0.39, 0.29) is 5.91 Å². The fourth-order valence-electron chi connectivity index (χ4n) is 3.06. The van der Waals surface area contributed by atoms with Gasteiger partial charge in [-0.25, -0.2) is 0 Å². The van der Waals surface area contributed by atoms with Crippen molar-refractivity contribution in [2.24, 2.45) is 5.92 Å². The lowest BCUT2D eigenvalue weighted by atomic mass is 9.96. The Hall–Kier alpha value is -1.55. The molecule has 21 heavy (non-hydrogen) atoms. The van der Waals surface area contributed by atoms with Gasteiger partial charge in [-0.15, -0.1) is 0 Å². The molecule has 0 unspecified atom stereocenters. The molecule has 0 atom stereocenters. The zero-order valence-corrected chi connectivity index (χ0v) is 12.9. The van der Waals surface area contributed by atoms with E-state index in [0.717, 1.165) is 44.1 Å². The number of benzene rings is 1. The average Bonchev–Trinajstić information content (AvgIpc) is 2.47. The first-order valence-electron chi connectivity index (χ1n) is 7.91. The summed E-state index contributed by atoms with van der Waals surface area (Å²) in [6.45, 7) is 7.61. The number of fused-ring (bicyclic) bond motifs is 1. The van der Waals surface area contributed by atoms with Crippen molar-refractivity contribution in [1.29, 1.82) is 0 Å². The highest BCUT2D eigenvalue weighted by Gasteiger charge is 2.42. The fourth-order valence-corrected chi connectivity index (χ4v) is 3.06. The summed E-state index contributed by atoms with van der Waals surface area (Å²) < 4.78 is 6.15. The van der Waals surface area contributed by atoms with Crippen molar-refractivity contribution >= 4 is 5.91 Å². The van der Waals surface area contributed by atoms with Gasteiger partial charge in [0.05, 0.1) is 5.56 Å². The Morgan fingerprint density at radius 1 is 1.29 bits per heavy atom. The smallest absolute Gasteiger partial charge is 0.258 e. The van der Waals surface area contributed by atoms with Crippen molar-refractivity contribution in [2.45, 2.75) is 38.8 Å². The summed E-state index contributed by atoms with van der Waals surface area (Å²) in [4.78, 5) is 14.7. The standard InChI is InChI=1S/C17H24N2O2/c1-13(2)7-10-19-11-8-17(9-12-19)18-16(20)14-5-3-4-6-15(14)21-17/h3-6,13H,7-12H2,1-2H3,(H,18,20). The third-order valence-corrected chi connectivity index (χ3v) is 4.46. The van der Waals surface area contributed by atoms with E-state index >= 15 is 0 Å². The Morgan fingerprint density at radius 3 is 2.71 bits per heavy atom. The van der Waals surface area contributed by atoms with Crippen molar-refractivity contribution in [3.8, 4) is 5.75 Å². The summed E-state index contributed by atoms with van der Waals surface area (Å²) in [7, 11) is 0. The monoisotopic (exact) mass is 288 g/mol. The molecule has 114 valence electrons. The Morgan fingerprint density at radius 2 is 2.00 bits per heavy atom. The molecule has 1 amide bonds. The Kier molecular flexibility index (Phi) is 3.89. The molecule has 1 aromatic carbocycles. The number of piperidine rings is 1. The first-order valence-corrected chi connectivity index (χ1v) is 7.91. The summed E-state index contributed by atoms with van der Waals surface area (Å²) in [5.74, 6) is 1.45. The second kappa shape index (κ2) is 5.68. The molecule has 2 heterocycles. The highest BCUT2D eigenvalue weighted by atomic mass is 16.5. The van der Waals surface area contributed by atoms with Crippen molar-refractivity contribution < 1.29 is 9.53 Å². The largest absolute Gasteiger partial charge is 0.467 e. The summed E-state index contributed by atoms with van der Waals surface area (Å²) >= 11 is 0. The highest BCUT2D eigenvalue weighted by Crippen LogP contribution is 2.33. The van der Waals surface area contributed by atoms with Crippen LogP contribution in [0.4, 0.5) is 0 Å². The molecule has 0 radical (unpaired) electrons. The molecular weight excluding hydrogens is 264 g/mol. The second-order valence-corrected chi connectivity index (χ2v) is 6.57. The Bertz CT molecular complexity index is 519. The Labute approximate surface area is 126 Å². The van der Waals surface area contributed by atoms with Gasteiger partial charge in [0.1, 0.15) is 5.75 Å². The lowest BCUT2D eigenvalue weighted by molar-refractivity contribution is -0.0293. The molecule has 0 aliphatic carbocycles. The summed E-state index contributed by atoms with van der Waals surface area (Å²) in [5.41, 5.74) is 0.144. The van der Waals surface area contributed by atoms with Gasteiger partial charge in [0.25, 0.3) is 5.91 Å². The molecule has 0 bridgehead atoms. The van der Waals surface area contributed by atoms with Crippen molar-refractivity contribution in [1.82, 2.24) is 10.2 Å². The topological polar surface area (TPSA) is 41.6 Å². The SMILES string of the molecule is CC(C)CCN1CCC2(CC1)NC(=O)c1ccccc1O2. The zero-order valence-electron chi connectivity index (χ0n) is 12.9. The molecule has 4 heteroatoms. The summed E-state index contributed by atoms with van der Waals surface area (Å²) in [5, 5.41) is 3.09. The molecule has 1 aromatic rings. The van der Waals surface area contributed by atoms with Gasteiger partial charge in [-0.3, -0.25) is 4.79 Å². The van der Waals surface area contributed by atoms with Crippen molar-refractivity contribution in [3.63, 3.8) is 0 Å². The van der Waals surface area contributed by atoms with Crippen LogP contribution in [0.3, 0.4) is 0 Å². The van der Waals surface area contributed by atoms with E-state index in [1.807, 2.05) is 24.3 Å². The first kappa shape index (κ1) is 14.4. The molecule has 3 rings (SSSR count). The maximum Gasteiger partial charge on any atom is 0.258 e. The zero-order chi connectivity index (χ0) is 14.9. The van der Waals surface area contributed by atoms with Crippen LogP contribution in [-0.2, 0) is 0 Å². The van der Waals surface area contributed by atoms with Crippen LogP contribution in [-0.4, -0.2) is 36.2 Å². The number of rotatable bonds is 3. The van der Waals surface area contributed by atoms with E-state index in [1.165, 1.54) is 6.42 Å². The van der Waals surface area contributed by atoms with Gasteiger partial charge in [0.15, 0.2) is 5.72 Å². The van der Waals surface area contributed by atoms with Gasteiger partial charge in [-0.2, -0.15) is 0 Å². The number of carbonyl (C=O) groups excluding carboxylic acids is 1. The quantitative estimate of drug-likeness (QED) is 0.929. The van der Waals surface area contributed by atoms with Crippen LogP contribution in [0.1, 0.15) is 43.5 Å². The predicted molar refractivity (Wildman–Crippen MR) is 82.4 cm³/mol. The maximum atomic E-state index is 12.3. The normalized spacial score (nSPS) is 21.0. The number of ether oxygens (including phenoxy) is 1. The molecule has 0 aromatic heterocycles. The summed E-state index contributed by atoms with van der Waals surface area (Å²) in [6.07, 6.45) is 2.93. The minimum atomic E-state index is -0.500. The van der Waals surface area contributed by atoms with Crippen LogP contribution in [0.2, 0.25) is 0 Å². The highest BCUT2D eigenvalue weighted by molar-refractivity contribution is 5.98. The molecule has 4 nitrogen and oxygen atoms in total. The molecule has 2 aliphatic heterocycles. The van der Waals surface area contributed by atoms with Gasteiger partial charge in [0, 0.05) is 25.9 Å². The molecule has 0 saturated carbocycles. The third kappa shape index (κ3) is 3.05. The number of hydrogen-bond acceptors (Lipinski definition) is 3. The van der Waals surface area contributed by atoms with E-state index < -0.39 is 5.72 Å². The predicted octanol–water partition coefficient (Wildman–Crippen LogP) is 2.65. The van der Waals surface area contributed by atoms with Gasteiger partial charge in [0.2, 0.25) is 0 Å². The Balaban J connectivity index is 1.65. The number of amides is 1. The number of para-hydroxylation sites is 1. The minimum absolute atomic E-state index is 0.00696. The van der Waals surface area contributed by atoms with Crippen LogP contribution in [0.5, 0.6) is 5.75 Å². The van der Waals surface area contributed by atoms with Crippen LogP contribution in [0.25, 0.3) is 0 Å². The third-order valence-electron chi connectivity index (χ3n) is 4.46. The first-order chi connectivity index (χ1) is 10.1. The van der Waals surface area contributed by atoms with Crippen LogP contribution in [0.15, 0.2) is 24.3 Å². The molecule has 2 aliphatic rings. The molecule has 1 N–H and O–H groups in total. The molecule has 1 saturated heterocycles. The average molecular weight is 288 g/mol. The maximum absolute atomic E-state index is 12.3. The molecule has 1 fully saturated rings. The number of carbonyl (C=O) groups is 1. The number of hydrogen-bond donors (Lipinski definition) is 1. The molecule has 1 spiro atoms. The van der Waals surface area contributed by atoms with Gasteiger partial charge in [-0.1, -0.05) is 26.0 Å². The van der Waals surface area contributed by atoms with Crippen molar-refractivity contribution in [3.05, 3.63) is 29.8 Å². The van der Waals surface area contributed by atoms with E-state index in [1.54, 1.807) is 0 Å². The van der Waals surface area contributed by atoms with E-state index in [4.69, 9.17) is 4.74 Å². The second-order valence-electron chi connectivity index (χ2n) is 6.57. The van der Waals surface area contributed by atoms with Gasteiger partial charge < -0.3 is 15.0 Å². The lowest BCUT2D eigenvalue weighted by Gasteiger charge is -2.44. The number of nitrogens with zero attached hydrogens (tertiary/aromatic N) is 1. The van der Waals surface area contributed by atoms with Gasteiger partial charge in [-0.05, 0) is 31.0 Å². The van der Waals surface area contributed by atoms with Gasteiger partial charge >= 0.3 is 0 Å². The van der Waals surface area contributed by atoms with E-state index in [0.29, 0.717) is 5.56 Å².